The number of hydrogen-bond acceptors (Lipinski definition) is 5. The number of aryl methyl sites for hydroxylation is 1. The fourth-order valence-corrected chi connectivity index (χ4v) is 4.10. The Morgan fingerprint density at radius 2 is 2.08 bits per heavy atom. The summed E-state index contributed by atoms with van der Waals surface area (Å²) in [5, 5.41) is 0. The number of sulfonamides is 1. The quantitative estimate of drug-likeness (QED) is 0.830. The molecule has 1 fully saturated rings. The van der Waals surface area contributed by atoms with Crippen molar-refractivity contribution in [1.29, 1.82) is 0 Å². The monoisotopic (exact) mass is 379 g/mol. The number of aromatic nitrogens is 1. The van der Waals surface area contributed by atoms with Crippen molar-refractivity contribution in [3.05, 3.63) is 59.7 Å². The third kappa shape index (κ3) is 4.45. The molecule has 0 radical (unpaired) electrons. The van der Waals surface area contributed by atoms with Crippen molar-refractivity contribution in [1.82, 2.24) is 14.6 Å². The SMILES string of the molecule is Cc1cc(S(=O)(=O)NCC(c2cccnc2)N2CCOCC2)ccc1F. The van der Waals surface area contributed by atoms with Crippen LogP contribution in [-0.2, 0) is 14.8 Å². The minimum absolute atomic E-state index is 0.0586. The Morgan fingerprint density at radius 3 is 2.73 bits per heavy atom. The van der Waals surface area contributed by atoms with Gasteiger partial charge in [-0.25, -0.2) is 17.5 Å². The minimum Gasteiger partial charge on any atom is -0.379 e. The average Bonchev–Trinajstić information content (AvgIpc) is 2.66. The molecule has 0 saturated carbocycles. The van der Waals surface area contributed by atoms with E-state index in [-0.39, 0.29) is 17.5 Å². The van der Waals surface area contributed by atoms with E-state index in [1.165, 1.54) is 18.2 Å². The number of nitrogens with one attached hydrogen (secondary N) is 1. The standard InChI is InChI=1S/C18H22FN3O3S/c1-14-11-16(4-5-17(14)19)26(23,24)21-13-18(15-3-2-6-20-12-15)22-7-9-25-10-8-22/h2-6,11-12,18,21H,7-10,13H2,1H3. The summed E-state index contributed by atoms with van der Waals surface area (Å²) in [6.07, 6.45) is 3.43. The van der Waals surface area contributed by atoms with Crippen LogP contribution in [0.5, 0.6) is 0 Å². The molecule has 1 aromatic carbocycles. The van der Waals surface area contributed by atoms with Crippen molar-refractivity contribution in [3.63, 3.8) is 0 Å². The van der Waals surface area contributed by atoms with Gasteiger partial charge in [0.05, 0.1) is 24.2 Å². The highest BCUT2D eigenvalue weighted by atomic mass is 32.2. The predicted molar refractivity (Wildman–Crippen MR) is 95.7 cm³/mol. The molecule has 6 nitrogen and oxygen atoms in total. The summed E-state index contributed by atoms with van der Waals surface area (Å²) in [4.78, 5) is 6.39. The van der Waals surface area contributed by atoms with E-state index in [2.05, 4.69) is 14.6 Å². The molecule has 1 unspecified atom stereocenters. The molecule has 1 aromatic heterocycles. The number of ether oxygens (including phenoxy) is 1. The number of pyridine rings is 1. The van der Waals surface area contributed by atoms with Crippen LogP contribution < -0.4 is 4.72 Å². The van der Waals surface area contributed by atoms with Gasteiger partial charge in [0.15, 0.2) is 0 Å². The van der Waals surface area contributed by atoms with Gasteiger partial charge in [-0.2, -0.15) is 0 Å². The van der Waals surface area contributed by atoms with Gasteiger partial charge in [0.25, 0.3) is 0 Å². The molecule has 2 heterocycles. The zero-order valence-corrected chi connectivity index (χ0v) is 15.4. The van der Waals surface area contributed by atoms with Crippen LogP contribution in [0.2, 0.25) is 0 Å². The van der Waals surface area contributed by atoms with Crippen molar-refractivity contribution >= 4 is 10.0 Å². The number of rotatable bonds is 6. The Hall–Kier alpha value is -1.87. The Morgan fingerprint density at radius 1 is 1.31 bits per heavy atom. The lowest BCUT2D eigenvalue weighted by Crippen LogP contribution is -2.43. The fourth-order valence-electron chi connectivity index (χ4n) is 2.98. The Labute approximate surface area is 153 Å². The molecule has 2 aromatic rings. The van der Waals surface area contributed by atoms with E-state index in [0.717, 1.165) is 18.7 Å². The normalized spacial score (nSPS) is 17.2. The summed E-state index contributed by atoms with van der Waals surface area (Å²) in [5.74, 6) is -0.425. The molecular formula is C18H22FN3O3S. The molecule has 140 valence electrons. The molecule has 0 aliphatic carbocycles. The highest BCUT2D eigenvalue weighted by molar-refractivity contribution is 7.89. The molecule has 1 atom stereocenters. The molecule has 1 aliphatic heterocycles. The summed E-state index contributed by atoms with van der Waals surface area (Å²) in [5.41, 5.74) is 1.23. The lowest BCUT2D eigenvalue weighted by atomic mass is 10.1. The van der Waals surface area contributed by atoms with Crippen LogP contribution in [0.15, 0.2) is 47.6 Å². The third-order valence-corrected chi connectivity index (χ3v) is 5.88. The number of benzene rings is 1. The highest BCUT2D eigenvalue weighted by Crippen LogP contribution is 2.22. The van der Waals surface area contributed by atoms with E-state index in [1.807, 2.05) is 12.1 Å². The van der Waals surface area contributed by atoms with Gasteiger partial charge in [-0.05, 0) is 42.3 Å². The molecule has 1 aliphatic rings. The first-order valence-electron chi connectivity index (χ1n) is 8.45. The van der Waals surface area contributed by atoms with Gasteiger partial charge in [-0.3, -0.25) is 9.88 Å². The van der Waals surface area contributed by atoms with Crippen molar-refractivity contribution < 1.29 is 17.5 Å². The third-order valence-electron chi connectivity index (χ3n) is 4.46. The van der Waals surface area contributed by atoms with Gasteiger partial charge in [-0.15, -0.1) is 0 Å². The molecule has 26 heavy (non-hydrogen) atoms. The Bertz CT molecular complexity index is 840. The van der Waals surface area contributed by atoms with Crippen molar-refractivity contribution in [2.75, 3.05) is 32.8 Å². The van der Waals surface area contributed by atoms with Crippen LogP contribution in [0.25, 0.3) is 0 Å². The van der Waals surface area contributed by atoms with Crippen LogP contribution >= 0.6 is 0 Å². The molecular weight excluding hydrogens is 357 g/mol. The van der Waals surface area contributed by atoms with Crippen LogP contribution in [0.3, 0.4) is 0 Å². The summed E-state index contributed by atoms with van der Waals surface area (Å²) >= 11 is 0. The Balaban J connectivity index is 1.79. The van der Waals surface area contributed by atoms with Gasteiger partial charge in [0.2, 0.25) is 10.0 Å². The van der Waals surface area contributed by atoms with E-state index in [0.29, 0.717) is 18.8 Å². The Kier molecular flexibility index (Phi) is 5.98. The minimum atomic E-state index is -3.74. The maximum atomic E-state index is 13.4. The van der Waals surface area contributed by atoms with Crippen molar-refractivity contribution in [2.45, 2.75) is 17.9 Å². The maximum absolute atomic E-state index is 13.4. The molecule has 3 rings (SSSR count). The van der Waals surface area contributed by atoms with Crippen LogP contribution in [0.1, 0.15) is 17.2 Å². The van der Waals surface area contributed by atoms with E-state index in [9.17, 15) is 12.8 Å². The van der Waals surface area contributed by atoms with Crippen LogP contribution in [0, 0.1) is 12.7 Å². The second-order valence-electron chi connectivity index (χ2n) is 6.21. The highest BCUT2D eigenvalue weighted by Gasteiger charge is 2.25. The van der Waals surface area contributed by atoms with Gasteiger partial charge >= 0.3 is 0 Å². The van der Waals surface area contributed by atoms with Crippen LogP contribution in [-0.4, -0.2) is 51.1 Å². The van der Waals surface area contributed by atoms with Gasteiger partial charge in [0.1, 0.15) is 5.82 Å². The summed E-state index contributed by atoms with van der Waals surface area (Å²) in [7, 11) is -3.74. The largest absolute Gasteiger partial charge is 0.379 e. The van der Waals surface area contributed by atoms with Crippen molar-refractivity contribution in [2.24, 2.45) is 0 Å². The van der Waals surface area contributed by atoms with E-state index >= 15 is 0 Å². The summed E-state index contributed by atoms with van der Waals surface area (Å²) in [6, 6.07) is 7.40. The second kappa shape index (κ2) is 8.22. The lowest BCUT2D eigenvalue weighted by molar-refractivity contribution is 0.0171. The number of hydrogen-bond donors (Lipinski definition) is 1. The topological polar surface area (TPSA) is 71.5 Å². The number of nitrogens with zero attached hydrogens (tertiary/aromatic N) is 2. The summed E-state index contributed by atoms with van der Waals surface area (Å²) in [6.45, 7) is 4.40. The fraction of sp³-hybridized carbons (Fsp3) is 0.389. The molecule has 1 N–H and O–H groups in total. The first kappa shape index (κ1) is 18.9. The van der Waals surface area contributed by atoms with Crippen molar-refractivity contribution in [3.8, 4) is 0 Å². The second-order valence-corrected chi connectivity index (χ2v) is 7.98. The van der Waals surface area contributed by atoms with E-state index in [1.54, 1.807) is 19.3 Å². The van der Waals surface area contributed by atoms with Gasteiger partial charge in [-0.1, -0.05) is 6.07 Å². The number of morpholine rings is 1. The molecule has 0 amide bonds. The zero-order chi connectivity index (χ0) is 18.6. The lowest BCUT2D eigenvalue weighted by Gasteiger charge is -2.34. The van der Waals surface area contributed by atoms with E-state index in [4.69, 9.17) is 4.74 Å². The first-order chi connectivity index (χ1) is 12.5. The zero-order valence-electron chi connectivity index (χ0n) is 14.6. The van der Waals surface area contributed by atoms with Gasteiger partial charge < -0.3 is 4.74 Å². The molecule has 0 spiro atoms. The number of halogens is 1. The predicted octanol–water partition coefficient (Wildman–Crippen LogP) is 1.88. The molecule has 8 heteroatoms. The first-order valence-corrected chi connectivity index (χ1v) is 9.93. The maximum Gasteiger partial charge on any atom is 0.240 e. The van der Waals surface area contributed by atoms with Gasteiger partial charge in [0, 0.05) is 32.0 Å². The molecule has 1 saturated heterocycles. The average molecular weight is 379 g/mol. The van der Waals surface area contributed by atoms with Crippen LogP contribution in [0.4, 0.5) is 4.39 Å². The molecule has 0 bridgehead atoms. The summed E-state index contributed by atoms with van der Waals surface area (Å²) < 4.78 is 46.7. The smallest absolute Gasteiger partial charge is 0.240 e. The van der Waals surface area contributed by atoms with E-state index < -0.39 is 15.8 Å².